The molecule has 0 aliphatic carbocycles. The predicted octanol–water partition coefficient (Wildman–Crippen LogP) is 2.37. The lowest BCUT2D eigenvalue weighted by molar-refractivity contribution is 0.0692. The van der Waals surface area contributed by atoms with E-state index in [0.29, 0.717) is 12.5 Å². The molecule has 3 nitrogen and oxygen atoms in total. The summed E-state index contributed by atoms with van der Waals surface area (Å²) < 4.78 is 13.5. The van der Waals surface area contributed by atoms with Crippen molar-refractivity contribution in [3.63, 3.8) is 0 Å². The van der Waals surface area contributed by atoms with Gasteiger partial charge < -0.3 is 5.11 Å². The summed E-state index contributed by atoms with van der Waals surface area (Å²) in [6.45, 7) is 4.96. The molecule has 1 atom stereocenters. The first-order chi connectivity index (χ1) is 8.06. The van der Waals surface area contributed by atoms with E-state index >= 15 is 0 Å². The Bertz CT molecular complexity index is 433. The Hall–Kier alpha value is -1.42. The van der Waals surface area contributed by atoms with Crippen LogP contribution >= 0.6 is 0 Å². The monoisotopic (exact) mass is 237 g/mol. The van der Waals surface area contributed by atoms with E-state index in [1.54, 1.807) is 6.07 Å². The third kappa shape index (κ3) is 2.82. The van der Waals surface area contributed by atoms with Crippen LogP contribution in [0.25, 0.3) is 0 Å². The summed E-state index contributed by atoms with van der Waals surface area (Å²) in [5, 5.41) is 8.73. The molecule has 1 aromatic rings. The molecule has 0 aromatic heterocycles. The average Bonchev–Trinajstić information content (AvgIpc) is 2.63. The first-order valence-corrected chi connectivity index (χ1v) is 5.80. The summed E-state index contributed by atoms with van der Waals surface area (Å²) in [6.07, 6.45) is 1.18. The van der Waals surface area contributed by atoms with Gasteiger partial charge in [-0.1, -0.05) is 13.0 Å². The summed E-state index contributed by atoms with van der Waals surface area (Å²) in [5.74, 6) is -1.18. The fourth-order valence-electron chi connectivity index (χ4n) is 2.26. The van der Waals surface area contributed by atoms with Gasteiger partial charge in [-0.3, -0.25) is 4.90 Å². The van der Waals surface area contributed by atoms with Crippen LogP contribution in [-0.4, -0.2) is 29.1 Å². The van der Waals surface area contributed by atoms with Gasteiger partial charge in [0, 0.05) is 13.1 Å². The normalized spacial score (nSPS) is 20.7. The van der Waals surface area contributed by atoms with Crippen LogP contribution in [0, 0.1) is 11.7 Å². The van der Waals surface area contributed by atoms with Crippen LogP contribution in [0.15, 0.2) is 18.2 Å². The minimum Gasteiger partial charge on any atom is -0.478 e. The van der Waals surface area contributed by atoms with Gasteiger partial charge in [0.15, 0.2) is 0 Å². The number of halogens is 1. The number of hydrogen-bond acceptors (Lipinski definition) is 2. The fourth-order valence-corrected chi connectivity index (χ4v) is 2.26. The third-order valence-electron chi connectivity index (χ3n) is 3.18. The van der Waals surface area contributed by atoms with Gasteiger partial charge in [-0.05, 0) is 36.6 Å². The van der Waals surface area contributed by atoms with Gasteiger partial charge in [0.05, 0.1) is 5.56 Å². The number of carbonyl (C=O) groups is 1. The summed E-state index contributed by atoms with van der Waals surface area (Å²) in [6, 6.07) is 4.36. The SMILES string of the molecule is CC1CCN(Cc2ccc(C(=O)O)c(F)c2)C1. The number of hydrogen-bond donors (Lipinski definition) is 1. The second kappa shape index (κ2) is 4.84. The van der Waals surface area contributed by atoms with Gasteiger partial charge in [0.25, 0.3) is 0 Å². The van der Waals surface area contributed by atoms with Crippen LogP contribution in [0.5, 0.6) is 0 Å². The lowest BCUT2D eigenvalue weighted by Crippen LogP contribution is -2.19. The van der Waals surface area contributed by atoms with Crippen molar-refractivity contribution in [2.45, 2.75) is 19.9 Å². The smallest absolute Gasteiger partial charge is 0.338 e. The van der Waals surface area contributed by atoms with Crippen LogP contribution in [0.4, 0.5) is 4.39 Å². The van der Waals surface area contributed by atoms with Crippen molar-refractivity contribution in [1.29, 1.82) is 0 Å². The van der Waals surface area contributed by atoms with E-state index in [0.717, 1.165) is 18.7 Å². The van der Waals surface area contributed by atoms with Gasteiger partial charge in [0.1, 0.15) is 5.82 Å². The zero-order valence-corrected chi connectivity index (χ0v) is 9.82. The van der Waals surface area contributed by atoms with Crippen molar-refractivity contribution in [1.82, 2.24) is 4.90 Å². The molecule has 1 unspecified atom stereocenters. The van der Waals surface area contributed by atoms with E-state index in [4.69, 9.17) is 5.11 Å². The number of aromatic carboxylic acids is 1. The molecule has 2 rings (SSSR count). The van der Waals surface area contributed by atoms with Crippen molar-refractivity contribution in [2.24, 2.45) is 5.92 Å². The van der Waals surface area contributed by atoms with Crippen molar-refractivity contribution < 1.29 is 14.3 Å². The molecule has 1 aromatic carbocycles. The number of benzene rings is 1. The minimum absolute atomic E-state index is 0.261. The molecule has 92 valence electrons. The van der Waals surface area contributed by atoms with Crippen molar-refractivity contribution in [3.8, 4) is 0 Å². The van der Waals surface area contributed by atoms with Crippen LogP contribution in [0.2, 0.25) is 0 Å². The van der Waals surface area contributed by atoms with E-state index in [9.17, 15) is 9.18 Å². The van der Waals surface area contributed by atoms with E-state index in [1.807, 2.05) is 0 Å². The molecule has 0 spiro atoms. The molecular weight excluding hydrogens is 221 g/mol. The topological polar surface area (TPSA) is 40.5 Å². The largest absolute Gasteiger partial charge is 0.478 e. The molecular formula is C13H16FNO2. The Morgan fingerprint density at radius 3 is 2.88 bits per heavy atom. The van der Waals surface area contributed by atoms with Crippen molar-refractivity contribution in [3.05, 3.63) is 35.1 Å². The second-order valence-electron chi connectivity index (χ2n) is 4.75. The molecule has 1 N–H and O–H groups in total. The minimum atomic E-state index is -1.22. The van der Waals surface area contributed by atoms with Crippen LogP contribution in [0.1, 0.15) is 29.3 Å². The van der Waals surface area contributed by atoms with Crippen LogP contribution in [-0.2, 0) is 6.54 Å². The highest BCUT2D eigenvalue weighted by Gasteiger charge is 2.19. The summed E-state index contributed by atoms with van der Waals surface area (Å²) in [5.41, 5.74) is 0.574. The first-order valence-electron chi connectivity index (χ1n) is 5.80. The number of carboxylic acid groups (broad SMARTS) is 1. The zero-order valence-electron chi connectivity index (χ0n) is 9.82. The summed E-state index contributed by atoms with van der Waals surface area (Å²) in [7, 11) is 0. The Morgan fingerprint density at radius 2 is 2.35 bits per heavy atom. The average molecular weight is 237 g/mol. The lowest BCUT2D eigenvalue weighted by atomic mass is 10.1. The molecule has 1 saturated heterocycles. The predicted molar refractivity (Wildman–Crippen MR) is 62.4 cm³/mol. The number of likely N-dealkylation sites (tertiary alicyclic amines) is 1. The Morgan fingerprint density at radius 1 is 1.59 bits per heavy atom. The van der Waals surface area contributed by atoms with E-state index < -0.39 is 11.8 Å². The molecule has 0 saturated carbocycles. The molecule has 4 heteroatoms. The van der Waals surface area contributed by atoms with Crippen molar-refractivity contribution >= 4 is 5.97 Å². The molecule has 17 heavy (non-hydrogen) atoms. The van der Waals surface area contributed by atoms with Gasteiger partial charge in [0.2, 0.25) is 0 Å². The molecule has 1 fully saturated rings. The summed E-state index contributed by atoms with van der Waals surface area (Å²) >= 11 is 0. The van der Waals surface area contributed by atoms with Crippen molar-refractivity contribution in [2.75, 3.05) is 13.1 Å². The molecule has 0 amide bonds. The van der Waals surface area contributed by atoms with Gasteiger partial charge in [-0.25, -0.2) is 9.18 Å². The highest BCUT2D eigenvalue weighted by molar-refractivity contribution is 5.87. The maximum Gasteiger partial charge on any atom is 0.338 e. The third-order valence-corrected chi connectivity index (χ3v) is 3.18. The standard InChI is InChI=1S/C13H16FNO2/c1-9-4-5-15(7-9)8-10-2-3-11(13(16)17)12(14)6-10/h2-3,6,9H,4-5,7-8H2,1H3,(H,16,17). The van der Waals surface area contributed by atoms with E-state index in [2.05, 4.69) is 11.8 Å². The Kier molecular flexibility index (Phi) is 3.43. The molecule has 1 aliphatic rings. The number of nitrogens with zero attached hydrogens (tertiary/aromatic N) is 1. The van der Waals surface area contributed by atoms with Gasteiger partial charge in [-0.2, -0.15) is 0 Å². The highest BCUT2D eigenvalue weighted by Crippen LogP contribution is 2.19. The quantitative estimate of drug-likeness (QED) is 0.877. The Balaban J connectivity index is 2.07. The molecule has 1 heterocycles. The maximum absolute atomic E-state index is 13.5. The zero-order chi connectivity index (χ0) is 12.4. The molecule has 0 bridgehead atoms. The highest BCUT2D eigenvalue weighted by atomic mass is 19.1. The maximum atomic E-state index is 13.5. The van der Waals surface area contributed by atoms with Crippen LogP contribution < -0.4 is 0 Å². The fraction of sp³-hybridized carbons (Fsp3) is 0.462. The molecule has 1 aliphatic heterocycles. The van der Waals surface area contributed by atoms with Gasteiger partial charge in [-0.15, -0.1) is 0 Å². The first kappa shape index (κ1) is 12.0. The van der Waals surface area contributed by atoms with Crippen LogP contribution in [0.3, 0.4) is 0 Å². The molecule has 0 radical (unpaired) electrons. The number of rotatable bonds is 3. The van der Waals surface area contributed by atoms with E-state index in [-0.39, 0.29) is 5.56 Å². The summed E-state index contributed by atoms with van der Waals surface area (Å²) in [4.78, 5) is 12.9. The van der Waals surface area contributed by atoms with Gasteiger partial charge >= 0.3 is 5.97 Å². The second-order valence-corrected chi connectivity index (χ2v) is 4.75. The Labute approximate surface area is 99.9 Å². The van der Waals surface area contributed by atoms with E-state index in [1.165, 1.54) is 18.6 Å². The number of carboxylic acids is 1. The lowest BCUT2D eigenvalue weighted by Gasteiger charge is -2.15.